The molecule has 4 nitrogen and oxygen atoms in total. The number of anilines is 2. The van der Waals surface area contributed by atoms with Crippen molar-refractivity contribution in [3.63, 3.8) is 0 Å². The van der Waals surface area contributed by atoms with Crippen molar-refractivity contribution in [3.8, 4) is 0 Å². The molecular formula is C13H20N2O2S. The van der Waals surface area contributed by atoms with E-state index in [1.54, 1.807) is 19.1 Å². The van der Waals surface area contributed by atoms with Crippen molar-refractivity contribution in [2.75, 3.05) is 22.3 Å². The third-order valence-electron chi connectivity index (χ3n) is 3.36. The maximum atomic E-state index is 11.4. The highest BCUT2D eigenvalue weighted by Gasteiger charge is 2.16. The summed E-state index contributed by atoms with van der Waals surface area (Å²) in [6.07, 6.45) is 3.99. The summed E-state index contributed by atoms with van der Waals surface area (Å²) in [5.74, 6) is 0.901. The molecule has 0 aromatic heterocycles. The first-order chi connectivity index (χ1) is 8.59. The van der Waals surface area contributed by atoms with E-state index in [9.17, 15) is 8.42 Å². The molecule has 0 aliphatic heterocycles. The van der Waals surface area contributed by atoms with E-state index in [-0.39, 0.29) is 5.75 Å². The fraction of sp³-hybridized carbons (Fsp3) is 0.538. The molecule has 5 heteroatoms. The Kier molecular flexibility index (Phi) is 4.11. The van der Waals surface area contributed by atoms with E-state index in [4.69, 9.17) is 0 Å². The molecule has 1 aromatic carbocycles. The van der Waals surface area contributed by atoms with Gasteiger partial charge in [-0.3, -0.25) is 4.72 Å². The van der Waals surface area contributed by atoms with Gasteiger partial charge in [0.1, 0.15) is 0 Å². The van der Waals surface area contributed by atoms with E-state index < -0.39 is 10.0 Å². The van der Waals surface area contributed by atoms with Gasteiger partial charge in [-0.05, 0) is 49.9 Å². The zero-order valence-corrected chi connectivity index (χ0v) is 11.5. The molecule has 0 amide bonds. The van der Waals surface area contributed by atoms with Crippen LogP contribution in [0.1, 0.15) is 26.2 Å². The van der Waals surface area contributed by atoms with Crippen molar-refractivity contribution in [3.05, 3.63) is 24.3 Å². The van der Waals surface area contributed by atoms with E-state index in [1.165, 1.54) is 19.3 Å². The first-order valence-corrected chi connectivity index (χ1v) is 8.09. The lowest BCUT2D eigenvalue weighted by atomic mass is 9.85. The lowest BCUT2D eigenvalue weighted by Gasteiger charge is -2.25. The molecule has 2 N–H and O–H groups in total. The predicted octanol–water partition coefficient (Wildman–Crippen LogP) is 2.66. The molecule has 0 saturated heterocycles. The number of hydrogen-bond acceptors (Lipinski definition) is 3. The first-order valence-electron chi connectivity index (χ1n) is 6.43. The average Bonchev–Trinajstić information content (AvgIpc) is 2.29. The second-order valence-electron chi connectivity index (χ2n) is 4.76. The average molecular weight is 268 g/mol. The van der Waals surface area contributed by atoms with Crippen LogP contribution in [0.5, 0.6) is 0 Å². The molecule has 1 saturated carbocycles. The second kappa shape index (κ2) is 5.61. The minimum absolute atomic E-state index is 0.0919. The third-order valence-corrected chi connectivity index (χ3v) is 4.66. The highest BCUT2D eigenvalue weighted by Crippen LogP contribution is 2.26. The van der Waals surface area contributed by atoms with Crippen molar-refractivity contribution in [2.24, 2.45) is 5.92 Å². The largest absolute Gasteiger partial charge is 0.385 e. The fourth-order valence-corrected chi connectivity index (χ4v) is 2.51. The normalized spacial score (nSPS) is 16.1. The van der Waals surface area contributed by atoms with Crippen LogP contribution in [-0.2, 0) is 10.0 Å². The summed E-state index contributed by atoms with van der Waals surface area (Å²) < 4.78 is 25.3. The molecule has 1 fully saturated rings. The van der Waals surface area contributed by atoms with Crippen LogP contribution >= 0.6 is 0 Å². The lowest BCUT2D eigenvalue weighted by Crippen LogP contribution is -2.20. The molecule has 0 heterocycles. The Morgan fingerprint density at radius 2 is 1.78 bits per heavy atom. The van der Waals surface area contributed by atoms with Gasteiger partial charge in [0.05, 0.1) is 5.75 Å². The first kappa shape index (κ1) is 13.2. The van der Waals surface area contributed by atoms with Gasteiger partial charge in [-0.25, -0.2) is 8.42 Å². The maximum Gasteiger partial charge on any atom is 0.232 e. The van der Waals surface area contributed by atoms with Crippen LogP contribution in [0, 0.1) is 5.92 Å². The minimum Gasteiger partial charge on any atom is -0.385 e. The van der Waals surface area contributed by atoms with Crippen LogP contribution in [0.15, 0.2) is 24.3 Å². The smallest absolute Gasteiger partial charge is 0.232 e. The summed E-state index contributed by atoms with van der Waals surface area (Å²) in [6, 6.07) is 7.39. The molecule has 0 bridgehead atoms. The Morgan fingerprint density at radius 3 is 2.28 bits per heavy atom. The van der Waals surface area contributed by atoms with Crippen LogP contribution < -0.4 is 10.0 Å². The summed E-state index contributed by atoms with van der Waals surface area (Å²) in [5.41, 5.74) is 1.66. The van der Waals surface area contributed by atoms with Gasteiger partial charge in [-0.15, -0.1) is 0 Å². The van der Waals surface area contributed by atoms with E-state index in [2.05, 4.69) is 10.0 Å². The fourth-order valence-electron chi connectivity index (χ4n) is 1.87. The van der Waals surface area contributed by atoms with Gasteiger partial charge < -0.3 is 5.32 Å². The molecule has 0 unspecified atom stereocenters. The molecular weight excluding hydrogens is 248 g/mol. The molecule has 18 heavy (non-hydrogen) atoms. The number of rotatable bonds is 6. The SMILES string of the molecule is CCS(=O)(=O)Nc1ccc(NCC2CCC2)cc1. The standard InChI is InChI=1S/C13H20N2O2S/c1-2-18(16,17)15-13-8-6-12(7-9-13)14-10-11-4-3-5-11/h6-9,11,14-15H,2-5,10H2,1H3. The van der Waals surface area contributed by atoms with E-state index >= 15 is 0 Å². The maximum absolute atomic E-state index is 11.4. The van der Waals surface area contributed by atoms with Gasteiger partial charge >= 0.3 is 0 Å². The molecule has 100 valence electrons. The summed E-state index contributed by atoms with van der Waals surface area (Å²) in [7, 11) is -3.18. The molecule has 0 radical (unpaired) electrons. The Hall–Kier alpha value is -1.23. The van der Waals surface area contributed by atoms with Gasteiger partial charge in [-0.2, -0.15) is 0 Å². The zero-order valence-electron chi connectivity index (χ0n) is 10.6. The highest BCUT2D eigenvalue weighted by atomic mass is 32.2. The topological polar surface area (TPSA) is 58.2 Å². The van der Waals surface area contributed by atoms with Crippen LogP contribution in [0.4, 0.5) is 11.4 Å². The molecule has 1 aromatic rings. The predicted molar refractivity (Wildman–Crippen MR) is 75.4 cm³/mol. The molecule has 0 spiro atoms. The molecule has 1 aliphatic carbocycles. The summed E-state index contributed by atoms with van der Waals surface area (Å²) in [5, 5.41) is 3.37. The van der Waals surface area contributed by atoms with Gasteiger partial charge in [0.25, 0.3) is 0 Å². The van der Waals surface area contributed by atoms with Gasteiger partial charge in [-0.1, -0.05) is 6.42 Å². The monoisotopic (exact) mass is 268 g/mol. The van der Waals surface area contributed by atoms with Gasteiger partial charge in [0.2, 0.25) is 10.0 Å². The Labute approximate surface area is 109 Å². The Morgan fingerprint density at radius 1 is 1.17 bits per heavy atom. The number of hydrogen-bond donors (Lipinski definition) is 2. The number of sulfonamides is 1. The van der Waals surface area contributed by atoms with E-state index in [0.717, 1.165) is 18.2 Å². The van der Waals surface area contributed by atoms with Crippen LogP contribution in [-0.4, -0.2) is 20.7 Å². The number of nitrogens with one attached hydrogen (secondary N) is 2. The molecule has 1 aliphatic rings. The van der Waals surface area contributed by atoms with Crippen molar-refractivity contribution >= 4 is 21.4 Å². The minimum atomic E-state index is -3.18. The van der Waals surface area contributed by atoms with Crippen LogP contribution in [0.2, 0.25) is 0 Å². The van der Waals surface area contributed by atoms with Crippen molar-refractivity contribution in [1.82, 2.24) is 0 Å². The Bertz CT molecular complexity index is 478. The quantitative estimate of drug-likeness (QED) is 0.834. The second-order valence-corrected chi connectivity index (χ2v) is 6.77. The van der Waals surface area contributed by atoms with E-state index in [0.29, 0.717) is 5.69 Å². The van der Waals surface area contributed by atoms with Crippen molar-refractivity contribution < 1.29 is 8.42 Å². The third kappa shape index (κ3) is 3.63. The molecule has 2 rings (SSSR count). The lowest BCUT2D eigenvalue weighted by molar-refractivity contribution is 0.333. The number of benzene rings is 1. The van der Waals surface area contributed by atoms with E-state index in [1.807, 2.05) is 12.1 Å². The zero-order chi connectivity index (χ0) is 13.0. The summed E-state index contributed by atoms with van der Waals surface area (Å²) in [4.78, 5) is 0. The van der Waals surface area contributed by atoms with Crippen LogP contribution in [0.3, 0.4) is 0 Å². The van der Waals surface area contributed by atoms with Gasteiger partial charge in [0, 0.05) is 17.9 Å². The van der Waals surface area contributed by atoms with Gasteiger partial charge in [0.15, 0.2) is 0 Å². The summed E-state index contributed by atoms with van der Waals surface area (Å²) >= 11 is 0. The van der Waals surface area contributed by atoms with Crippen molar-refractivity contribution in [1.29, 1.82) is 0 Å². The highest BCUT2D eigenvalue weighted by molar-refractivity contribution is 7.92. The van der Waals surface area contributed by atoms with Crippen LogP contribution in [0.25, 0.3) is 0 Å². The molecule has 0 atom stereocenters. The van der Waals surface area contributed by atoms with Crippen molar-refractivity contribution in [2.45, 2.75) is 26.2 Å². The summed E-state index contributed by atoms with van der Waals surface area (Å²) in [6.45, 7) is 2.64. The Balaban J connectivity index is 1.88.